The molecule has 0 bridgehead atoms. The summed E-state index contributed by atoms with van der Waals surface area (Å²) in [5.74, 6) is -3.77. The van der Waals surface area contributed by atoms with Crippen LogP contribution in [-0.4, -0.2) is 32.8 Å². The molecule has 0 aliphatic carbocycles. The Hall–Kier alpha value is -1.54. The highest BCUT2D eigenvalue weighted by molar-refractivity contribution is 5.23. The molecule has 3 N–H and O–H groups in total. The van der Waals surface area contributed by atoms with E-state index in [0.29, 0.717) is 4.57 Å². The number of aliphatic hydroxyl groups excluding tert-OH is 1. The third-order valence-corrected chi connectivity index (χ3v) is 2.48. The van der Waals surface area contributed by atoms with Crippen molar-refractivity contribution < 1.29 is 20.0 Å². The molecule has 1 aliphatic rings. The zero-order valence-corrected chi connectivity index (χ0v) is 8.59. The number of alkyl halides is 2. The Labute approximate surface area is 96.0 Å². The zero-order valence-electron chi connectivity index (χ0n) is 9.59. The highest BCUT2D eigenvalue weighted by Crippen LogP contribution is 2.41. The van der Waals surface area contributed by atoms with Gasteiger partial charge in [0, 0.05) is 7.57 Å². The summed E-state index contributed by atoms with van der Waals surface area (Å²) >= 11 is 0. The summed E-state index contributed by atoms with van der Waals surface area (Å²) in [6.45, 7) is -0.537. The molecule has 1 aromatic heterocycles. The minimum atomic E-state index is -3.67. The number of aromatic nitrogens is 2. The van der Waals surface area contributed by atoms with E-state index in [1.54, 1.807) is 0 Å². The second-order valence-corrected chi connectivity index (χ2v) is 3.69. The Balaban J connectivity index is 2.42. The first-order valence-corrected chi connectivity index (χ1v) is 4.73. The average molecular weight is 248 g/mol. The van der Waals surface area contributed by atoms with E-state index in [1.807, 2.05) is 0 Å². The molecule has 0 amide bonds. The Kier molecular flexibility index (Phi) is 2.33. The molecular weight excluding hydrogens is 236 g/mol. The van der Waals surface area contributed by atoms with Crippen molar-refractivity contribution in [2.24, 2.45) is 0 Å². The number of nitrogens with two attached hydrogens (primary N) is 1. The van der Waals surface area contributed by atoms with Gasteiger partial charge in [-0.05, 0) is 13.0 Å². The molecule has 1 aromatic rings. The minimum absolute atomic E-state index is 0.102. The van der Waals surface area contributed by atoms with Gasteiger partial charge in [-0.2, -0.15) is 13.8 Å². The van der Waals surface area contributed by atoms with Gasteiger partial charge in [-0.25, -0.2) is 4.79 Å². The van der Waals surface area contributed by atoms with Gasteiger partial charge in [-0.15, -0.1) is 0 Å². The van der Waals surface area contributed by atoms with Crippen molar-refractivity contribution in [2.75, 3.05) is 5.73 Å². The number of hydrogen-bond donors (Lipinski definition) is 2. The van der Waals surface area contributed by atoms with Crippen molar-refractivity contribution in [1.29, 1.82) is 0 Å². The molecule has 2 heterocycles. The van der Waals surface area contributed by atoms with Crippen LogP contribution in [0, 0.1) is 0 Å². The molecule has 1 aliphatic heterocycles. The van der Waals surface area contributed by atoms with E-state index in [2.05, 4.69) is 4.98 Å². The standard InChI is InChI=1S/C9H11F2N3O3/c1-4-6(15)9(10,11)7(17-4)14-3-2-5(12)13-8(14)16/h2-4,6-7,15H,1H3,(H2,12,13,16)/t4-,6?,7-/m1/s1/i1D. The van der Waals surface area contributed by atoms with Crippen LogP contribution in [0.1, 0.15) is 14.5 Å². The zero-order chi connectivity index (χ0) is 13.5. The van der Waals surface area contributed by atoms with Gasteiger partial charge in [-0.1, -0.05) is 0 Å². The topological polar surface area (TPSA) is 90.4 Å². The predicted molar refractivity (Wildman–Crippen MR) is 53.4 cm³/mol. The van der Waals surface area contributed by atoms with Gasteiger partial charge in [0.05, 0.1) is 6.10 Å². The van der Waals surface area contributed by atoms with Gasteiger partial charge < -0.3 is 15.6 Å². The molecule has 0 saturated carbocycles. The highest BCUT2D eigenvalue weighted by Gasteiger charge is 2.58. The smallest absolute Gasteiger partial charge is 0.351 e. The van der Waals surface area contributed by atoms with Crippen LogP contribution in [0.3, 0.4) is 0 Å². The third-order valence-electron chi connectivity index (χ3n) is 2.48. The molecule has 94 valence electrons. The second kappa shape index (κ2) is 3.74. The molecule has 2 rings (SSSR count). The monoisotopic (exact) mass is 248 g/mol. The normalized spacial score (nSPS) is 32.4. The summed E-state index contributed by atoms with van der Waals surface area (Å²) in [4.78, 5) is 14.7. The number of hydrogen-bond acceptors (Lipinski definition) is 5. The van der Waals surface area contributed by atoms with E-state index in [-0.39, 0.29) is 5.82 Å². The van der Waals surface area contributed by atoms with Gasteiger partial charge >= 0.3 is 11.6 Å². The molecule has 1 fully saturated rings. The maximum absolute atomic E-state index is 13.7. The quantitative estimate of drug-likeness (QED) is 0.714. The summed E-state index contributed by atoms with van der Waals surface area (Å²) in [5.41, 5.74) is 4.24. The summed E-state index contributed by atoms with van der Waals surface area (Å²) in [5, 5.41) is 9.34. The first-order valence-electron chi connectivity index (χ1n) is 5.44. The van der Waals surface area contributed by atoms with Gasteiger partial charge in [0.1, 0.15) is 11.9 Å². The van der Waals surface area contributed by atoms with Gasteiger partial charge in [0.15, 0.2) is 0 Å². The third kappa shape index (κ3) is 1.79. The minimum Gasteiger partial charge on any atom is -0.384 e. The van der Waals surface area contributed by atoms with Crippen molar-refractivity contribution >= 4 is 5.82 Å². The maximum Gasteiger partial charge on any atom is 0.351 e. The molecule has 0 spiro atoms. The highest BCUT2D eigenvalue weighted by atomic mass is 19.3. The number of aliphatic hydroxyl groups is 1. The number of nitrogen functional groups attached to an aromatic ring is 1. The molecule has 8 heteroatoms. The predicted octanol–water partition coefficient (Wildman–Crippen LogP) is -0.261. The van der Waals surface area contributed by atoms with Crippen LogP contribution in [0.2, 0.25) is 0 Å². The number of nitrogens with zero attached hydrogens (tertiary/aromatic N) is 2. The summed E-state index contributed by atoms with van der Waals surface area (Å²) in [6.07, 6.45) is -4.45. The lowest BCUT2D eigenvalue weighted by Crippen LogP contribution is -2.41. The molecule has 1 unspecified atom stereocenters. The lowest BCUT2D eigenvalue weighted by Gasteiger charge is -2.20. The molecule has 17 heavy (non-hydrogen) atoms. The number of rotatable bonds is 1. The van der Waals surface area contributed by atoms with Crippen molar-refractivity contribution in [1.82, 2.24) is 9.55 Å². The Morgan fingerprint density at radius 2 is 2.47 bits per heavy atom. The molecular formula is C9H11F2N3O3. The average Bonchev–Trinajstić information content (AvgIpc) is 2.52. The van der Waals surface area contributed by atoms with E-state index in [4.69, 9.17) is 11.8 Å². The Bertz CT molecular complexity index is 510. The summed E-state index contributed by atoms with van der Waals surface area (Å²) in [6, 6.07) is 1.17. The van der Waals surface area contributed by atoms with Crippen molar-refractivity contribution in [2.45, 2.75) is 31.3 Å². The van der Waals surface area contributed by atoms with Crippen LogP contribution in [-0.2, 0) is 4.74 Å². The number of ether oxygens (including phenoxy) is 1. The van der Waals surface area contributed by atoms with Crippen molar-refractivity contribution in [3.8, 4) is 0 Å². The van der Waals surface area contributed by atoms with Crippen LogP contribution in [0.4, 0.5) is 14.6 Å². The first-order chi connectivity index (χ1) is 8.37. The number of halogens is 2. The van der Waals surface area contributed by atoms with E-state index in [9.17, 15) is 18.7 Å². The van der Waals surface area contributed by atoms with Gasteiger partial charge in [0.25, 0.3) is 0 Å². The van der Waals surface area contributed by atoms with Crippen LogP contribution in [0.25, 0.3) is 0 Å². The molecule has 1 saturated heterocycles. The molecule has 0 aromatic carbocycles. The Morgan fingerprint density at radius 3 is 3.00 bits per heavy atom. The largest absolute Gasteiger partial charge is 0.384 e. The fourth-order valence-electron chi connectivity index (χ4n) is 1.58. The van der Waals surface area contributed by atoms with Crippen LogP contribution in [0.15, 0.2) is 17.1 Å². The van der Waals surface area contributed by atoms with Gasteiger partial charge in [-0.3, -0.25) is 4.57 Å². The van der Waals surface area contributed by atoms with E-state index < -0.39 is 36.9 Å². The fourth-order valence-corrected chi connectivity index (χ4v) is 1.58. The van der Waals surface area contributed by atoms with Crippen molar-refractivity contribution in [3.05, 3.63) is 22.7 Å². The molecule has 6 nitrogen and oxygen atoms in total. The van der Waals surface area contributed by atoms with E-state index in [1.165, 1.54) is 6.07 Å². The van der Waals surface area contributed by atoms with Crippen LogP contribution >= 0.6 is 0 Å². The lowest BCUT2D eigenvalue weighted by molar-refractivity contribution is -0.140. The van der Waals surface area contributed by atoms with E-state index >= 15 is 0 Å². The lowest BCUT2D eigenvalue weighted by atomic mass is 10.1. The fraction of sp³-hybridized carbons (Fsp3) is 0.556. The van der Waals surface area contributed by atoms with Gasteiger partial charge in [0.2, 0.25) is 6.23 Å². The first kappa shape index (κ1) is 10.6. The second-order valence-electron chi connectivity index (χ2n) is 3.69. The maximum atomic E-state index is 13.7. The summed E-state index contributed by atoms with van der Waals surface area (Å²) in [7, 11) is 0. The number of anilines is 1. The molecule has 0 radical (unpaired) electrons. The Morgan fingerprint density at radius 1 is 1.76 bits per heavy atom. The summed E-state index contributed by atoms with van der Waals surface area (Å²) < 4.78 is 39.9. The van der Waals surface area contributed by atoms with Crippen LogP contribution in [0.5, 0.6) is 0 Å². The molecule has 3 atom stereocenters. The van der Waals surface area contributed by atoms with E-state index in [0.717, 1.165) is 6.20 Å². The van der Waals surface area contributed by atoms with Crippen molar-refractivity contribution in [3.63, 3.8) is 0 Å². The SMILES string of the molecule is [2H]C[C@H]1O[C@@H](n2ccc(N)nc2=O)C(F)(F)C1O. The van der Waals surface area contributed by atoms with Crippen LogP contribution < -0.4 is 11.4 Å².